The summed E-state index contributed by atoms with van der Waals surface area (Å²) in [5.41, 5.74) is 4.44. The van der Waals surface area contributed by atoms with Crippen LogP contribution in [0.3, 0.4) is 0 Å². The van der Waals surface area contributed by atoms with Crippen molar-refractivity contribution >= 4 is 11.9 Å². The summed E-state index contributed by atoms with van der Waals surface area (Å²) in [6, 6.07) is 19.4. The predicted octanol–water partition coefficient (Wildman–Crippen LogP) is 4.27. The van der Waals surface area contributed by atoms with Crippen LogP contribution in [0.5, 0.6) is 0 Å². The zero-order valence-corrected chi connectivity index (χ0v) is 19.3. The quantitative estimate of drug-likeness (QED) is 0.551. The highest BCUT2D eigenvalue weighted by Crippen LogP contribution is 2.24. The molecule has 0 aliphatic carbocycles. The lowest BCUT2D eigenvalue weighted by Crippen LogP contribution is -2.58. The molecule has 2 heterocycles. The van der Waals surface area contributed by atoms with Crippen LogP contribution in [0.4, 0.5) is 0 Å². The zero-order valence-electron chi connectivity index (χ0n) is 19.3. The first kappa shape index (κ1) is 22.7. The molecule has 1 aromatic heterocycles. The molecule has 170 valence electrons. The largest absolute Gasteiger partial charge is 0.465 e. The number of aromatic nitrogens is 1. The van der Waals surface area contributed by atoms with E-state index < -0.39 is 0 Å². The van der Waals surface area contributed by atoms with Gasteiger partial charge in [0.05, 0.1) is 12.7 Å². The van der Waals surface area contributed by atoms with Gasteiger partial charge >= 0.3 is 5.97 Å². The zero-order chi connectivity index (χ0) is 23.4. The molecule has 3 aromatic rings. The molecule has 1 amide bonds. The van der Waals surface area contributed by atoms with Crippen LogP contribution < -0.4 is 0 Å². The highest BCUT2D eigenvalue weighted by atomic mass is 16.5. The molecule has 1 aliphatic rings. The molecule has 4 rings (SSSR count). The van der Waals surface area contributed by atoms with Crippen molar-refractivity contribution in [3.8, 4) is 11.1 Å². The maximum atomic E-state index is 13.5. The third kappa shape index (κ3) is 5.12. The van der Waals surface area contributed by atoms with Gasteiger partial charge in [0.25, 0.3) is 5.91 Å². The van der Waals surface area contributed by atoms with Gasteiger partial charge in [-0.25, -0.2) is 4.79 Å². The van der Waals surface area contributed by atoms with E-state index in [0.717, 1.165) is 36.3 Å². The third-order valence-electron chi connectivity index (χ3n) is 6.13. The first-order valence-corrected chi connectivity index (χ1v) is 11.2. The fourth-order valence-corrected chi connectivity index (χ4v) is 4.61. The molecule has 0 spiro atoms. The van der Waals surface area contributed by atoms with Crippen LogP contribution >= 0.6 is 0 Å². The summed E-state index contributed by atoms with van der Waals surface area (Å²) in [6.07, 6.45) is 3.52. The number of benzene rings is 2. The number of esters is 1. The minimum Gasteiger partial charge on any atom is -0.465 e. The van der Waals surface area contributed by atoms with Gasteiger partial charge in [-0.1, -0.05) is 24.3 Å². The van der Waals surface area contributed by atoms with E-state index in [1.165, 1.54) is 7.11 Å². The Kier molecular flexibility index (Phi) is 6.84. The number of hydrogen-bond donors (Lipinski definition) is 0. The fourth-order valence-electron chi connectivity index (χ4n) is 4.61. The highest BCUT2D eigenvalue weighted by molar-refractivity contribution is 5.96. The molecular weight excluding hydrogens is 414 g/mol. The van der Waals surface area contributed by atoms with Gasteiger partial charge in [-0.05, 0) is 66.9 Å². The number of ether oxygens (including phenoxy) is 1. The van der Waals surface area contributed by atoms with Crippen LogP contribution in [0.1, 0.15) is 40.1 Å². The van der Waals surface area contributed by atoms with Crippen molar-refractivity contribution in [3.05, 3.63) is 89.7 Å². The normalized spacial score (nSPS) is 18.7. The van der Waals surface area contributed by atoms with E-state index in [9.17, 15) is 9.59 Å². The van der Waals surface area contributed by atoms with Gasteiger partial charge in [0.1, 0.15) is 0 Å². The first-order chi connectivity index (χ1) is 16.0. The molecule has 0 saturated carbocycles. The maximum absolute atomic E-state index is 13.5. The predicted molar refractivity (Wildman–Crippen MR) is 128 cm³/mol. The van der Waals surface area contributed by atoms with Gasteiger partial charge in [-0.15, -0.1) is 0 Å². The topological polar surface area (TPSA) is 62.7 Å². The van der Waals surface area contributed by atoms with E-state index >= 15 is 0 Å². The van der Waals surface area contributed by atoms with Crippen LogP contribution in [0.15, 0.2) is 73.1 Å². The molecule has 6 nitrogen and oxygen atoms in total. The number of methoxy groups -OCH3 is 1. The molecule has 6 heteroatoms. The summed E-state index contributed by atoms with van der Waals surface area (Å²) in [6.45, 7) is 6.56. The minimum absolute atomic E-state index is 0.0630. The Morgan fingerprint density at radius 1 is 0.909 bits per heavy atom. The van der Waals surface area contributed by atoms with Gasteiger partial charge in [-0.3, -0.25) is 14.7 Å². The number of piperazine rings is 1. The number of nitrogens with zero attached hydrogens (tertiary/aromatic N) is 3. The first-order valence-electron chi connectivity index (χ1n) is 11.2. The summed E-state index contributed by atoms with van der Waals surface area (Å²) in [4.78, 5) is 33.5. The molecule has 0 radical (unpaired) electrons. The van der Waals surface area contributed by atoms with Gasteiger partial charge in [0.15, 0.2) is 0 Å². The molecule has 2 aromatic carbocycles. The smallest absolute Gasteiger partial charge is 0.337 e. The van der Waals surface area contributed by atoms with E-state index in [1.807, 2.05) is 53.4 Å². The van der Waals surface area contributed by atoms with E-state index in [2.05, 4.69) is 23.7 Å². The third-order valence-corrected chi connectivity index (χ3v) is 6.13. The molecule has 1 fully saturated rings. The second-order valence-corrected chi connectivity index (χ2v) is 8.61. The molecule has 33 heavy (non-hydrogen) atoms. The summed E-state index contributed by atoms with van der Waals surface area (Å²) in [5.74, 6) is -0.267. The lowest BCUT2D eigenvalue weighted by Gasteiger charge is -2.44. The Morgan fingerprint density at radius 3 is 2.21 bits per heavy atom. The second kappa shape index (κ2) is 9.96. The van der Waals surface area contributed by atoms with E-state index in [0.29, 0.717) is 11.1 Å². The Hall–Kier alpha value is -3.51. The van der Waals surface area contributed by atoms with Crippen molar-refractivity contribution in [2.24, 2.45) is 0 Å². The monoisotopic (exact) mass is 443 g/mol. The van der Waals surface area contributed by atoms with Gasteiger partial charge < -0.3 is 9.64 Å². The van der Waals surface area contributed by atoms with Crippen molar-refractivity contribution in [3.63, 3.8) is 0 Å². The Morgan fingerprint density at radius 2 is 1.58 bits per heavy atom. The molecule has 0 unspecified atom stereocenters. The van der Waals surface area contributed by atoms with Crippen LogP contribution in [-0.4, -0.2) is 58.9 Å². The average Bonchev–Trinajstić information content (AvgIpc) is 2.84. The van der Waals surface area contributed by atoms with Crippen molar-refractivity contribution in [2.75, 3.05) is 20.2 Å². The molecular formula is C27H29N3O3. The average molecular weight is 444 g/mol. The van der Waals surface area contributed by atoms with Gasteiger partial charge in [0.2, 0.25) is 0 Å². The minimum atomic E-state index is -0.330. The summed E-state index contributed by atoms with van der Waals surface area (Å²) in [7, 11) is 1.38. The number of rotatable bonds is 5. The molecule has 1 saturated heterocycles. The molecule has 1 aliphatic heterocycles. The lowest BCUT2D eigenvalue weighted by molar-refractivity contribution is 0.0268. The summed E-state index contributed by atoms with van der Waals surface area (Å²) < 4.78 is 4.77. The lowest BCUT2D eigenvalue weighted by atomic mass is 10.0. The van der Waals surface area contributed by atoms with Crippen molar-refractivity contribution < 1.29 is 14.3 Å². The summed E-state index contributed by atoms with van der Waals surface area (Å²) >= 11 is 0. The summed E-state index contributed by atoms with van der Waals surface area (Å²) in [5, 5.41) is 0. The number of pyridine rings is 1. The Balaban J connectivity index is 1.44. The van der Waals surface area contributed by atoms with Crippen molar-refractivity contribution in [2.45, 2.75) is 32.5 Å². The number of carbonyl (C=O) groups excluding carboxylic acids is 2. The van der Waals surface area contributed by atoms with E-state index in [1.54, 1.807) is 24.5 Å². The van der Waals surface area contributed by atoms with Crippen molar-refractivity contribution in [1.29, 1.82) is 0 Å². The SMILES string of the molecule is COC(=O)c1ccc(CN2C[C@@H](C)N(C(=O)c3cccc(-c4ccncc4)c3)[C@@H](C)C2)cc1. The van der Waals surface area contributed by atoms with Crippen LogP contribution in [0, 0.1) is 0 Å². The standard InChI is InChI=1S/C27H29N3O3/c1-19-16-29(18-21-7-9-23(10-8-21)27(32)33-3)17-20(2)30(19)26(31)25-6-4-5-24(15-25)22-11-13-28-14-12-22/h4-15,19-20H,16-18H2,1-3H3/t19-,20+. The van der Waals surface area contributed by atoms with E-state index in [4.69, 9.17) is 4.74 Å². The molecule has 0 bridgehead atoms. The molecule has 2 atom stereocenters. The van der Waals surface area contributed by atoms with E-state index in [-0.39, 0.29) is 24.0 Å². The van der Waals surface area contributed by atoms with Crippen molar-refractivity contribution in [1.82, 2.24) is 14.8 Å². The maximum Gasteiger partial charge on any atom is 0.337 e. The Bertz CT molecular complexity index is 1100. The molecule has 0 N–H and O–H groups in total. The van der Waals surface area contributed by atoms with Gasteiger partial charge in [-0.2, -0.15) is 0 Å². The van der Waals surface area contributed by atoms with Crippen LogP contribution in [0.2, 0.25) is 0 Å². The number of carbonyl (C=O) groups is 2. The Labute approximate surface area is 194 Å². The fraction of sp³-hybridized carbons (Fsp3) is 0.296. The van der Waals surface area contributed by atoms with Crippen LogP contribution in [-0.2, 0) is 11.3 Å². The number of amides is 1. The van der Waals surface area contributed by atoms with Gasteiger partial charge in [0, 0.05) is 49.7 Å². The number of hydrogen-bond acceptors (Lipinski definition) is 5. The second-order valence-electron chi connectivity index (χ2n) is 8.61. The van der Waals surface area contributed by atoms with Crippen LogP contribution in [0.25, 0.3) is 11.1 Å². The highest BCUT2D eigenvalue weighted by Gasteiger charge is 2.33.